The zero-order valence-electron chi connectivity index (χ0n) is 11.4. The first-order chi connectivity index (χ1) is 9.60. The lowest BCUT2D eigenvalue weighted by Crippen LogP contribution is -2.21. The molecular weight excluding hydrogens is 270 g/mol. The molecule has 0 bridgehead atoms. The molecule has 0 atom stereocenters. The third kappa shape index (κ3) is 3.37. The van der Waals surface area contributed by atoms with Gasteiger partial charge in [0, 0.05) is 42.1 Å². The van der Waals surface area contributed by atoms with E-state index in [1.165, 1.54) is 0 Å². The van der Waals surface area contributed by atoms with Crippen LogP contribution in [0.1, 0.15) is 20.8 Å². The lowest BCUT2D eigenvalue weighted by molar-refractivity contribution is 0.0827. The summed E-state index contributed by atoms with van der Waals surface area (Å²) >= 11 is 1.56. The fourth-order valence-corrected chi connectivity index (χ4v) is 2.46. The molecule has 0 fully saturated rings. The number of amides is 1. The van der Waals surface area contributed by atoms with Crippen LogP contribution in [0.3, 0.4) is 0 Å². The predicted molar refractivity (Wildman–Crippen MR) is 80.8 cm³/mol. The molecule has 0 radical (unpaired) electrons. The van der Waals surface area contributed by atoms with Gasteiger partial charge in [0.25, 0.3) is 5.91 Å². The van der Waals surface area contributed by atoms with Gasteiger partial charge in [0.1, 0.15) is 6.07 Å². The van der Waals surface area contributed by atoms with Crippen LogP contribution in [0, 0.1) is 11.3 Å². The number of nitrogens with zero attached hydrogens (tertiary/aromatic N) is 2. The van der Waals surface area contributed by atoms with E-state index in [2.05, 4.69) is 11.4 Å². The Hall–Kier alpha value is -2.32. The molecule has 1 aromatic heterocycles. The minimum absolute atomic E-state index is 0.00605. The SMILES string of the molecule is CN(C)C(=O)c1ccc(NCc2cc(C#N)cs2)cc1. The number of rotatable bonds is 4. The maximum Gasteiger partial charge on any atom is 0.253 e. The van der Waals surface area contributed by atoms with Gasteiger partial charge < -0.3 is 10.2 Å². The molecule has 0 spiro atoms. The van der Waals surface area contributed by atoms with E-state index in [1.807, 2.05) is 23.6 Å². The lowest BCUT2D eigenvalue weighted by atomic mass is 10.2. The largest absolute Gasteiger partial charge is 0.380 e. The summed E-state index contributed by atoms with van der Waals surface area (Å²) in [5.74, 6) is -0.00605. The van der Waals surface area contributed by atoms with Crippen molar-refractivity contribution in [2.75, 3.05) is 19.4 Å². The molecule has 1 amide bonds. The zero-order chi connectivity index (χ0) is 14.5. The Morgan fingerprint density at radius 1 is 1.35 bits per heavy atom. The van der Waals surface area contributed by atoms with Crippen molar-refractivity contribution < 1.29 is 4.79 Å². The van der Waals surface area contributed by atoms with Crippen molar-refractivity contribution in [3.05, 3.63) is 51.7 Å². The summed E-state index contributed by atoms with van der Waals surface area (Å²) in [7, 11) is 3.47. The van der Waals surface area contributed by atoms with Gasteiger partial charge in [0.05, 0.1) is 5.56 Å². The second-order valence-corrected chi connectivity index (χ2v) is 5.54. The molecular formula is C15H15N3OS. The van der Waals surface area contributed by atoms with Crippen LogP contribution in [0.2, 0.25) is 0 Å². The van der Waals surface area contributed by atoms with Crippen LogP contribution in [-0.2, 0) is 6.54 Å². The summed E-state index contributed by atoms with van der Waals surface area (Å²) in [6, 6.07) is 11.4. The van der Waals surface area contributed by atoms with E-state index < -0.39 is 0 Å². The van der Waals surface area contributed by atoms with Gasteiger partial charge >= 0.3 is 0 Å². The molecule has 0 unspecified atom stereocenters. The number of carbonyl (C=O) groups excluding carboxylic acids is 1. The summed E-state index contributed by atoms with van der Waals surface area (Å²) in [5.41, 5.74) is 2.31. The number of anilines is 1. The van der Waals surface area contributed by atoms with Crippen molar-refractivity contribution in [3.8, 4) is 6.07 Å². The van der Waals surface area contributed by atoms with Crippen LogP contribution in [0.5, 0.6) is 0 Å². The van der Waals surface area contributed by atoms with Crippen molar-refractivity contribution in [1.29, 1.82) is 5.26 Å². The van der Waals surface area contributed by atoms with Crippen LogP contribution in [0.25, 0.3) is 0 Å². The van der Waals surface area contributed by atoms with Crippen LogP contribution in [-0.4, -0.2) is 24.9 Å². The number of benzene rings is 1. The van der Waals surface area contributed by atoms with Crippen molar-refractivity contribution in [3.63, 3.8) is 0 Å². The monoisotopic (exact) mass is 285 g/mol. The van der Waals surface area contributed by atoms with Gasteiger partial charge in [-0.1, -0.05) is 0 Å². The molecule has 1 heterocycles. The highest BCUT2D eigenvalue weighted by atomic mass is 32.1. The maximum atomic E-state index is 11.7. The van der Waals surface area contributed by atoms with Crippen LogP contribution in [0.15, 0.2) is 35.7 Å². The third-order valence-electron chi connectivity index (χ3n) is 2.79. The van der Waals surface area contributed by atoms with E-state index in [9.17, 15) is 4.79 Å². The zero-order valence-corrected chi connectivity index (χ0v) is 12.2. The second-order valence-electron chi connectivity index (χ2n) is 4.54. The summed E-state index contributed by atoms with van der Waals surface area (Å²) in [6.07, 6.45) is 0. The van der Waals surface area contributed by atoms with E-state index in [1.54, 1.807) is 42.5 Å². The minimum atomic E-state index is -0.00605. The molecule has 2 rings (SSSR count). The Balaban J connectivity index is 1.97. The average molecular weight is 285 g/mol. The minimum Gasteiger partial charge on any atom is -0.380 e. The summed E-state index contributed by atoms with van der Waals surface area (Å²) < 4.78 is 0. The first-order valence-corrected chi connectivity index (χ1v) is 7.01. The van der Waals surface area contributed by atoms with Crippen molar-refractivity contribution in [2.24, 2.45) is 0 Å². The molecule has 4 nitrogen and oxygen atoms in total. The number of hydrogen-bond donors (Lipinski definition) is 1. The van der Waals surface area contributed by atoms with E-state index in [0.717, 1.165) is 10.6 Å². The maximum absolute atomic E-state index is 11.7. The van der Waals surface area contributed by atoms with E-state index in [-0.39, 0.29) is 5.91 Å². The van der Waals surface area contributed by atoms with Crippen molar-refractivity contribution in [1.82, 2.24) is 4.90 Å². The van der Waals surface area contributed by atoms with Crippen molar-refractivity contribution >= 4 is 22.9 Å². The van der Waals surface area contributed by atoms with Gasteiger partial charge in [-0.2, -0.15) is 5.26 Å². The number of hydrogen-bond acceptors (Lipinski definition) is 4. The molecule has 2 aromatic rings. The quantitative estimate of drug-likeness (QED) is 0.939. The standard InChI is InChI=1S/C15H15N3OS/c1-18(2)15(19)12-3-5-13(6-4-12)17-9-14-7-11(8-16)10-20-14/h3-7,10,17H,9H2,1-2H3. The second kappa shape index (κ2) is 6.22. The topological polar surface area (TPSA) is 56.1 Å². The first-order valence-electron chi connectivity index (χ1n) is 6.13. The van der Waals surface area contributed by atoms with Crippen molar-refractivity contribution in [2.45, 2.75) is 6.54 Å². The van der Waals surface area contributed by atoms with Gasteiger partial charge in [0.15, 0.2) is 0 Å². The normalized spacial score (nSPS) is 9.85. The Kier molecular flexibility index (Phi) is 4.38. The Bertz CT molecular complexity index is 638. The van der Waals surface area contributed by atoms with Crippen LogP contribution >= 0.6 is 11.3 Å². The number of nitriles is 1. The summed E-state index contributed by atoms with van der Waals surface area (Å²) in [5, 5.41) is 13.9. The number of thiophene rings is 1. The van der Waals surface area contributed by atoms with Gasteiger partial charge in [-0.25, -0.2) is 0 Å². The van der Waals surface area contributed by atoms with E-state index in [0.29, 0.717) is 17.7 Å². The molecule has 102 valence electrons. The third-order valence-corrected chi connectivity index (χ3v) is 3.72. The van der Waals surface area contributed by atoms with Gasteiger partial charge in [0.2, 0.25) is 0 Å². The highest BCUT2D eigenvalue weighted by Crippen LogP contribution is 2.17. The van der Waals surface area contributed by atoms with Gasteiger partial charge in [-0.05, 0) is 30.3 Å². The number of carbonyl (C=O) groups is 1. The molecule has 0 saturated carbocycles. The summed E-state index contributed by atoms with van der Waals surface area (Å²) in [4.78, 5) is 14.4. The Morgan fingerprint density at radius 3 is 2.60 bits per heavy atom. The molecule has 0 saturated heterocycles. The number of nitrogens with one attached hydrogen (secondary N) is 1. The van der Waals surface area contributed by atoms with Crippen LogP contribution in [0.4, 0.5) is 5.69 Å². The first kappa shape index (κ1) is 14.1. The van der Waals surface area contributed by atoms with Gasteiger partial charge in [-0.15, -0.1) is 11.3 Å². The average Bonchev–Trinajstić information content (AvgIpc) is 2.93. The van der Waals surface area contributed by atoms with Crippen LogP contribution < -0.4 is 5.32 Å². The Morgan fingerprint density at radius 2 is 2.05 bits per heavy atom. The lowest BCUT2D eigenvalue weighted by Gasteiger charge is -2.11. The smallest absolute Gasteiger partial charge is 0.253 e. The molecule has 1 N–H and O–H groups in total. The molecule has 1 aromatic carbocycles. The highest BCUT2D eigenvalue weighted by Gasteiger charge is 2.07. The van der Waals surface area contributed by atoms with E-state index in [4.69, 9.17) is 5.26 Å². The van der Waals surface area contributed by atoms with Gasteiger partial charge in [-0.3, -0.25) is 4.79 Å². The predicted octanol–water partition coefficient (Wildman–Crippen LogP) is 2.93. The fraction of sp³-hybridized carbons (Fsp3) is 0.200. The molecule has 20 heavy (non-hydrogen) atoms. The summed E-state index contributed by atoms with van der Waals surface area (Å²) in [6.45, 7) is 0.674. The fourth-order valence-electron chi connectivity index (χ4n) is 1.71. The molecule has 0 aliphatic carbocycles. The highest BCUT2D eigenvalue weighted by molar-refractivity contribution is 7.10. The molecule has 0 aliphatic heterocycles. The Labute approximate surface area is 122 Å². The molecule has 5 heteroatoms. The molecule has 0 aliphatic rings. The van der Waals surface area contributed by atoms with E-state index >= 15 is 0 Å².